The summed E-state index contributed by atoms with van der Waals surface area (Å²) in [5, 5.41) is 3.63. The maximum Gasteiger partial charge on any atom is 0.0728 e. The van der Waals surface area contributed by atoms with E-state index in [2.05, 4.69) is 47.5 Å². The van der Waals surface area contributed by atoms with Gasteiger partial charge in [-0.15, -0.1) is 0 Å². The van der Waals surface area contributed by atoms with E-state index >= 15 is 0 Å². The standard InChI is InChI=1S/C16H24N2O/c1-13(16-8-5-11-19-16)18-10-9-17-15(12-18)14-6-3-2-4-7-14/h2-4,6-7,13,15-17H,5,8-12H2,1H3. The Morgan fingerprint density at radius 1 is 1.32 bits per heavy atom. The summed E-state index contributed by atoms with van der Waals surface area (Å²) in [6.07, 6.45) is 2.89. The summed E-state index contributed by atoms with van der Waals surface area (Å²) in [6.45, 7) is 6.55. The van der Waals surface area contributed by atoms with Crippen LogP contribution in [0, 0.1) is 0 Å². The molecule has 3 atom stereocenters. The second-order valence-corrected chi connectivity index (χ2v) is 5.70. The molecular formula is C16H24N2O. The lowest BCUT2D eigenvalue weighted by Crippen LogP contribution is -2.52. The molecule has 1 N–H and O–H groups in total. The molecule has 104 valence electrons. The third-order valence-corrected chi connectivity index (χ3v) is 4.49. The molecule has 3 heteroatoms. The highest BCUT2D eigenvalue weighted by Crippen LogP contribution is 2.23. The van der Waals surface area contributed by atoms with E-state index in [0.717, 1.165) is 26.2 Å². The van der Waals surface area contributed by atoms with E-state index in [9.17, 15) is 0 Å². The molecule has 0 aromatic heterocycles. The lowest BCUT2D eigenvalue weighted by Gasteiger charge is -2.39. The smallest absolute Gasteiger partial charge is 0.0728 e. The number of ether oxygens (including phenoxy) is 1. The molecule has 2 aliphatic rings. The molecule has 1 aromatic rings. The van der Waals surface area contributed by atoms with Crippen molar-refractivity contribution in [1.82, 2.24) is 10.2 Å². The Morgan fingerprint density at radius 3 is 2.89 bits per heavy atom. The Balaban J connectivity index is 1.64. The van der Waals surface area contributed by atoms with Gasteiger partial charge in [-0.25, -0.2) is 0 Å². The van der Waals surface area contributed by atoms with Crippen LogP contribution in [0.4, 0.5) is 0 Å². The maximum absolute atomic E-state index is 5.85. The molecule has 3 rings (SSSR count). The maximum atomic E-state index is 5.85. The van der Waals surface area contributed by atoms with Crippen LogP contribution in [-0.4, -0.2) is 43.3 Å². The third-order valence-electron chi connectivity index (χ3n) is 4.49. The van der Waals surface area contributed by atoms with Gasteiger partial charge in [-0.05, 0) is 25.3 Å². The van der Waals surface area contributed by atoms with Crippen LogP contribution < -0.4 is 5.32 Å². The SMILES string of the molecule is CC(C1CCCO1)N1CCNC(c2ccccc2)C1. The first-order valence-corrected chi connectivity index (χ1v) is 7.48. The number of hydrogen-bond donors (Lipinski definition) is 1. The van der Waals surface area contributed by atoms with Gasteiger partial charge in [0.2, 0.25) is 0 Å². The van der Waals surface area contributed by atoms with Gasteiger partial charge in [0.05, 0.1) is 6.10 Å². The predicted molar refractivity (Wildman–Crippen MR) is 77.2 cm³/mol. The van der Waals surface area contributed by atoms with E-state index in [0.29, 0.717) is 18.2 Å². The number of nitrogens with one attached hydrogen (secondary N) is 1. The fraction of sp³-hybridized carbons (Fsp3) is 0.625. The van der Waals surface area contributed by atoms with Gasteiger partial charge in [0.15, 0.2) is 0 Å². The molecular weight excluding hydrogens is 236 g/mol. The molecule has 2 saturated heterocycles. The first-order valence-electron chi connectivity index (χ1n) is 7.48. The van der Waals surface area contributed by atoms with Crippen molar-refractivity contribution in [2.24, 2.45) is 0 Å². The molecule has 2 aliphatic heterocycles. The Hall–Kier alpha value is -0.900. The minimum Gasteiger partial charge on any atom is -0.377 e. The number of nitrogens with zero attached hydrogens (tertiary/aromatic N) is 1. The van der Waals surface area contributed by atoms with Crippen LogP contribution >= 0.6 is 0 Å². The zero-order valence-corrected chi connectivity index (χ0v) is 11.7. The Kier molecular flexibility index (Phi) is 4.16. The Bertz CT molecular complexity index is 389. The van der Waals surface area contributed by atoms with Gasteiger partial charge in [0.1, 0.15) is 0 Å². The molecule has 0 saturated carbocycles. The molecule has 3 nitrogen and oxygen atoms in total. The zero-order valence-electron chi connectivity index (χ0n) is 11.7. The summed E-state index contributed by atoms with van der Waals surface area (Å²) in [5.74, 6) is 0. The van der Waals surface area contributed by atoms with E-state index in [-0.39, 0.29) is 0 Å². The van der Waals surface area contributed by atoms with Crippen molar-refractivity contribution in [3.05, 3.63) is 35.9 Å². The van der Waals surface area contributed by atoms with Crippen molar-refractivity contribution in [2.45, 2.75) is 38.0 Å². The van der Waals surface area contributed by atoms with Crippen LogP contribution in [0.2, 0.25) is 0 Å². The number of rotatable bonds is 3. The summed E-state index contributed by atoms with van der Waals surface area (Å²) in [7, 11) is 0. The normalized spacial score (nSPS) is 30.4. The summed E-state index contributed by atoms with van der Waals surface area (Å²) >= 11 is 0. The molecule has 2 fully saturated rings. The van der Waals surface area contributed by atoms with Gasteiger partial charge >= 0.3 is 0 Å². The molecule has 0 spiro atoms. The molecule has 0 aliphatic carbocycles. The summed E-state index contributed by atoms with van der Waals surface area (Å²) < 4.78 is 5.85. The van der Waals surface area contributed by atoms with Crippen LogP contribution in [0.25, 0.3) is 0 Å². The fourth-order valence-corrected chi connectivity index (χ4v) is 3.27. The summed E-state index contributed by atoms with van der Waals surface area (Å²) in [5.41, 5.74) is 1.40. The summed E-state index contributed by atoms with van der Waals surface area (Å²) in [4.78, 5) is 2.59. The van der Waals surface area contributed by atoms with Crippen molar-refractivity contribution in [2.75, 3.05) is 26.2 Å². The van der Waals surface area contributed by atoms with Gasteiger partial charge in [0, 0.05) is 38.3 Å². The molecule has 3 unspecified atom stereocenters. The third kappa shape index (κ3) is 2.99. The van der Waals surface area contributed by atoms with E-state index < -0.39 is 0 Å². The monoisotopic (exact) mass is 260 g/mol. The van der Waals surface area contributed by atoms with Crippen LogP contribution in [0.15, 0.2) is 30.3 Å². The lowest BCUT2D eigenvalue weighted by atomic mass is 10.0. The molecule has 0 bridgehead atoms. The number of benzene rings is 1. The van der Waals surface area contributed by atoms with E-state index in [1.54, 1.807) is 0 Å². The molecule has 2 heterocycles. The fourth-order valence-electron chi connectivity index (χ4n) is 3.27. The van der Waals surface area contributed by atoms with Crippen LogP contribution in [0.3, 0.4) is 0 Å². The largest absolute Gasteiger partial charge is 0.377 e. The second-order valence-electron chi connectivity index (χ2n) is 5.70. The molecule has 0 radical (unpaired) electrons. The van der Waals surface area contributed by atoms with Crippen LogP contribution in [-0.2, 0) is 4.74 Å². The molecule has 1 aromatic carbocycles. The highest BCUT2D eigenvalue weighted by Gasteiger charge is 2.30. The van der Waals surface area contributed by atoms with E-state index in [4.69, 9.17) is 4.74 Å². The van der Waals surface area contributed by atoms with Gasteiger partial charge < -0.3 is 10.1 Å². The van der Waals surface area contributed by atoms with Gasteiger partial charge in [-0.1, -0.05) is 30.3 Å². The van der Waals surface area contributed by atoms with Crippen LogP contribution in [0.1, 0.15) is 31.4 Å². The van der Waals surface area contributed by atoms with Crippen molar-refractivity contribution < 1.29 is 4.74 Å². The van der Waals surface area contributed by atoms with E-state index in [1.165, 1.54) is 18.4 Å². The van der Waals surface area contributed by atoms with E-state index in [1.807, 2.05) is 0 Å². The van der Waals surface area contributed by atoms with Gasteiger partial charge in [-0.3, -0.25) is 4.90 Å². The van der Waals surface area contributed by atoms with Crippen molar-refractivity contribution >= 4 is 0 Å². The minimum absolute atomic E-state index is 0.439. The van der Waals surface area contributed by atoms with Crippen molar-refractivity contribution in [3.8, 4) is 0 Å². The lowest BCUT2D eigenvalue weighted by molar-refractivity contribution is 0.0197. The Labute approximate surface area is 115 Å². The number of piperazine rings is 1. The first kappa shape index (κ1) is 13.1. The van der Waals surface area contributed by atoms with Gasteiger partial charge in [0.25, 0.3) is 0 Å². The van der Waals surface area contributed by atoms with Gasteiger partial charge in [-0.2, -0.15) is 0 Å². The average molecular weight is 260 g/mol. The average Bonchev–Trinajstić information content (AvgIpc) is 3.02. The topological polar surface area (TPSA) is 24.5 Å². The van der Waals surface area contributed by atoms with Crippen molar-refractivity contribution in [1.29, 1.82) is 0 Å². The Morgan fingerprint density at radius 2 is 2.16 bits per heavy atom. The first-order chi connectivity index (χ1) is 9.34. The second kappa shape index (κ2) is 6.04. The minimum atomic E-state index is 0.439. The summed E-state index contributed by atoms with van der Waals surface area (Å²) in [6, 6.07) is 11.8. The highest BCUT2D eigenvalue weighted by molar-refractivity contribution is 5.19. The molecule has 0 amide bonds. The number of hydrogen-bond acceptors (Lipinski definition) is 3. The van der Waals surface area contributed by atoms with Crippen LogP contribution in [0.5, 0.6) is 0 Å². The highest BCUT2D eigenvalue weighted by atomic mass is 16.5. The molecule has 19 heavy (non-hydrogen) atoms. The predicted octanol–water partition coefficient (Wildman–Crippen LogP) is 2.20. The quantitative estimate of drug-likeness (QED) is 0.901. The zero-order chi connectivity index (χ0) is 13.1. The van der Waals surface area contributed by atoms with Crippen molar-refractivity contribution in [3.63, 3.8) is 0 Å².